The van der Waals surface area contributed by atoms with E-state index in [9.17, 15) is 8.42 Å². The van der Waals surface area contributed by atoms with Crippen molar-refractivity contribution in [2.75, 3.05) is 43.9 Å². The second-order valence-corrected chi connectivity index (χ2v) is 10.2. The van der Waals surface area contributed by atoms with Crippen LogP contribution in [0.4, 0.5) is 5.69 Å². The van der Waals surface area contributed by atoms with Crippen molar-refractivity contribution in [3.63, 3.8) is 0 Å². The highest BCUT2D eigenvalue weighted by Gasteiger charge is 2.23. The van der Waals surface area contributed by atoms with Crippen LogP contribution in [0.5, 0.6) is 0 Å². The van der Waals surface area contributed by atoms with Crippen LogP contribution >= 0.6 is 0 Å². The molecule has 4 rings (SSSR count). The summed E-state index contributed by atoms with van der Waals surface area (Å²) >= 11 is 0. The van der Waals surface area contributed by atoms with Gasteiger partial charge >= 0.3 is 0 Å². The number of benzene rings is 2. The molecule has 1 fully saturated rings. The van der Waals surface area contributed by atoms with E-state index in [2.05, 4.69) is 39.1 Å². The van der Waals surface area contributed by atoms with Crippen LogP contribution in [0.1, 0.15) is 13.3 Å². The van der Waals surface area contributed by atoms with Gasteiger partial charge in [0.25, 0.3) is 0 Å². The average Bonchev–Trinajstić information content (AvgIpc) is 3.21. The smallest absolute Gasteiger partial charge is 0.175 e. The van der Waals surface area contributed by atoms with Crippen molar-refractivity contribution in [1.29, 1.82) is 5.41 Å². The van der Waals surface area contributed by atoms with Crippen LogP contribution in [-0.4, -0.2) is 63.7 Å². The second kappa shape index (κ2) is 8.67. The van der Waals surface area contributed by atoms with E-state index in [4.69, 9.17) is 5.41 Å². The molecule has 0 aromatic heterocycles. The number of hydrogen-bond donors (Lipinski definition) is 1. The van der Waals surface area contributed by atoms with Crippen LogP contribution in [0, 0.1) is 5.41 Å². The number of para-hydroxylation sites is 1. The fraction of sp³-hybridized carbons (Fsp3) is 0.333. The minimum atomic E-state index is -3.20. The standard InChI is InChI=1S/C24H28N4O2S/c1-18(25)15-20-16-21(17-26-20)27-11-13-28(14-12-27)24-6-4-3-5-23(24)19-7-9-22(10-8-19)31(2,29)30/h3-10,16,25H,11-15,17H2,1-2H3. The van der Waals surface area contributed by atoms with Gasteiger partial charge in [0.15, 0.2) is 9.84 Å². The van der Waals surface area contributed by atoms with Gasteiger partial charge in [-0.2, -0.15) is 0 Å². The number of hydrogen-bond acceptors (Lipinski definition) is 6. The summed E-state index contributed by atoms with van der Waals surface area (Å²) in [4.78, 5) is 9.71. The third-order valence-corrected chi connectivity index (χ3v) is 6.88. The summed E-state index contributed by atoms with van der Waals surface area (Å²) in [7, 11) is -3.20. The van der Waals surface area contributed by atoms with E-state index < -0.39 is 9.84 Å². The summed E-state index contributed by atoms with van der Waals surface area (Å²) < 4.78 is 23.5. The lowest BCUT2D eigenvalue weighted by atomic mass is 10.0. The van der Waals surface area contributed by atoms with Gasteiger partial charge < -0.3 is 15.2 Å². The summed E-state index contributed by atoms with van der Waals surface area (Å²) in [5.74, 6) is 0. The Morgan fingerprint density at radius 2 is 1.65 bits per heavy atom. The van der Waals surface area contributed by atoms with Gasteiger partial charge in [-0.15, -0.1) is 0 Å². The monoisotopic (exact) mass is 436 g/mol. The van der Waals surface area contributed by atoms with Gasteiger partial charge in [-0.05, 0) is 36.8 Å². The third-order valence-electron chi connectivity index (χ3n) is 5.75. The van der Waals surface area contributed by atoms with E-state index in [0.29, 0.717) is 23.6 Å². The fourth-order valence-corrected chi connectivity index (χ4v) is 4.78. The molecule has 0 atom stereocenters. The van der Waals surface area contributed by atoms with Crippen molar-refractivity contribution < 1.29 is 8.42 Å². The molecular formula is C24H28N4O2S. The molecule has 0 aliphatic carbocycles. The highest BCUT2D eigenvalue weighted by atomic mass is 32.2. The molecular weight excluding hydrogens is 408 g/mol. The van der Waals surface area contributed by atoms with Crippen LogP contribution in [0.25, 0.3) is 11.1 Å². The maximum Gasteiger partial charge on any atom is 0.175 e. The Balaban J connectivity index is 1.47. The Hall–Kier alpha value is -2.93. The lowest BCUT2D eigenvalue weighted by Gasteiger charge is -2.38. The first kappa shape index (κ1) is 21.3. The predicted molar refractivity (Wildman–Crippen MR) is 127 cm³/mol. The van der Waals surface area contributed by atoms with Gasteiger partial charge in [0, 0.05) is 67.2 Å². The average molecular weight is 437 g/mol. The van der Waals surface area contributed by atoms with E-state index in [0.717, 1.165) is 43.0 Å². The maximum absolute atomic E-state index is 11.8. The van der Waals surface area contributed by atoms with Crippen LogP contribution in [0.15, 0.2) is 70.2 Å². The molecule has 0 saturated carbocycles. The van der Waals surface area contributed by atoms with Crippen molar-refractivity contribution >= 4 is 26.9 Å². The molecule has 1 saturated heterocycles. The molecule has 1 N–H and O–H groups in total. The number of piperazine rings is 1. The quantitative estimate of drug-likeness (QED) is 0.702. The molecule has 31 heavy (non-hydrogen) atoms. The molecule has 0 bridgehead atoms. The van der Waals surface area contributed by atoms with Crippen LogP contribution in [-0.2, 0) is 9.84 Å². The van der Waals surface area contributed by atoms with Crippen molar-refractivity contribution in [2.24, 2.45) is 4.99 Å². The zero-order chi connectivity index (χ0) is 22.0. The van der Waals surface area contributed by atoms with E-state index in [1.54, 1.807) is 12.1 Å². The van der Waals surface area contributed by atoms with Gasteiger partial charge in [-0.25, -0.2) is 8.42 Å². The van der Waals surface area contributed by atoms with Crippen molar-refractivity contribution in [3.05, 3.63) is 60.3 Å². The molecule has 2 aromatic carbocycles. The minimum Gasteiger partial charge on any atom is -0.370 e. The van der Waals surface area contributed by atoms with Gasteiger partial charge in [0.1, 0.15) is 0 Å². The van der Waals surface area contributed by atoms with Gasteiger partial charge in [-0.3, -0.25) is 4.99 Å². The fourth-order valence-electron chi connectivity index (χ4n) is 4.15. The maximum atomic E-state index is 11.8. The number of nitrogens with one attached hydrogen (secondary N) is 1. The van der Waals surface area contributed by atoms with Gasteiger partial charge in [-0.1, -0.05) is 30.3 Å². The SMILES string of the molecule is CC(=N)CC1=NCC(N2CCN(c3ccccc3-c3ccc(S(C)(=O)=O)cc3)CC2)=C1. The number of rotatable bonds is 6. The third kappa shape index (κ3) is 4.88. The number of nitrogens with zero attached hydrogens (tertiary/aromatic N) is 3. The normalized spacial score (nSPS) is 16.8. The van der Waals surface area contributed by atoms with Crippen molar-refractivity contribution in [2.45, 2.75) is 18.2 Å². The predicted octanol–water partition coefficient (Wildman–Crippen LogP) is 3.65. The number of anilines is 1. The van der Waals surface area contributed by atoms with E-state index in [1.165, 1.54) is 17.6 Å². The van der Waals surface area contributed by atoms with E-state index in [-0.39, 0.29) is 0 Å². The molecule has 6 nitrogen and oxygen atoms in total. The minimum absolute atomic E-state index is 0.340. The lowest BCUT2D eigenvalue weighted by molar-refractivity contribution is 0.320. The molecule has 2 heterocycles. The highest BCUT2D eigenvalue weighted by molar-refractivity contribution is 7.90. The summed E-state index contributed by atoms with van der Waals surface area (Å²) in [6, 6.07) is 15.4. The number of sulfone groups is 1. The Morgan fingerprint density at radius 1 is 1.00 bits per heavy atom. The molecule has 2 aliphatic heterocycles. The molecule has 2 aliphatic rings. The van der Waals surface area contributed by atoms with Crippen molar-refractivity contribution in [3.8, 4) is 11.1 Å². The van der Waals surface area contributed by atoms with Crippen LogP contribution in [0.3, 0.4) is 0 Å². The molecule has 2 aromatic rings. The molecule has 0 amide bonds. The van der Waals surface area contributed by atoms with Crippen molar-refractivity contribution in [1.82, 2.24) is 4.90 Å². The van der Waals surface area contributed by atoms with E-state index >= 15 is 0 Å². The Morgan fingerprint density at radius 3 is 2.29 bits per heavy atom. The largest absolute Gasteiger partial charge is 0.370 e. The molecule has 0 spiro atoms. The molecule has 7 heteroatoms. The molecule has 0 unspecified atom stereocenters. The molecule has 162 valence electrons. The number of allylic oxidation sites excluding steroid dienone is 1. The Labute approximate surface area is 184 Å². The zero-order valence-electron chi connectivity index (χ0n) is 18.0. The van der Waals surface area contributed by atoms with E-state index in [1.807, 2.05) is 25.1 Å². The first-order chi connectivity index (χ1) is 14.8. The summed E-state index contributed by atoms with van der Waals surface area (Å²) in [6.45, 7) is 6.22. The highest BCUT2D eigenvalue weighted by Crippen LogP contribution is 2.32. The summed E-state index contributed by atoms with van der Waals surface area (Å²) in [6.07, 6.45) is 4.01. The van der Waals surface area contributed by atoms with Crippen LogP contribution < -0.4 is 4.90 Å². The summed E-state index contributed by atoms with van der Waals surface area (Å²) in [5.41, 5.74) is 6.20. The Bertz CT molecular complexity index is 1140. The molecule has 0 radical (unpaired) electrons. The second-order valence-electron chi connectivity index (χ2n) is 8.19. The van der Waals surface area contributed by atoms with Gasteiger partial charge in [0.2, 0.25) is 0 Å². The lowest BCUT2D eigenvalue weighted by Crippen LogP contribution is -2.46. The number of aliphatic imine (C=N–C) groups is 1. The summed E-state index contributed by atoms with van der Waals surface area (Å²) in [5, 5.41) is 7.66. The first-order valence-corrected chi connectivity index (χ1v) is 12.4. The Kier molecular flexibility index (Phi) is 5.96. The van der Waals surface area contributed by atoms with Crippen LogP contribution in [0.2, 0.25) is 0 Å². The van der Waals surface area contributed by atoms with Gasteiger partial charge in [0.05, 0.1) is 11.4 Å². The zero-order valence-corrected chi connectivity index (χ0v) is 18.8. The first-order valence-electron chi connectivity index (χ1n) is 10.5. The topological polar surface area (TPSA) is 76.8 Å².